The molecular formula is C8H11Br3N4S. The van der Waals surface area contributed by atoms with E-state index in [1.54, 1.807) is 0 Å². The van der Waals surface area contributed by atoms with E-state index in [-0.39, 0.29) is 17.0 Å². The maximum Gasteiger partial charge on any atom is 0.345 e. The zero-order valence-corrected chi connectivity index (χ0v) is 13.9. The average molecular weight is 435 g/mol. The van der Waals surface area contributed by atoms with E-state index in [0.717, 1.165) is 36.1 Å². The van der Waals surface area contributed by atoms with Gasteiger partial charge in [-0.05, 0) is 0 Å². The fraction of sp³-hybridized carbons (Fsp3) is 0.750. The molecule has 3 heterocycles. The van der Waals surface area contributed by atoms with Gasteiger partial charge in [0, 0.05) is 10.4 Å². The van der Waals surface area contributed by atoms with E-state index < -0.39 is 0 Å². The van der Waals surface area contributed by atoms with Crippen molar-refractivity contribution in [1.29, 1.82) is 0 Å². The average Bonchev–Trinajstić information content (AvgIpc) is 2.73. The van der Waals surface area contributed by atoms with Crippen LogP contribution in [-0.2, 0) is 13.1 Å². The van der Waals surface area contributed by atoms with Gasteiger partial charge in [0.15, 0.2) is 0 Å². The number of hydrogen-bond donors (Lipinski definition) is 1. The zero-order valence-electron chi connectivity index (χ0n) is 8.37. The Morgan fingerprint density at radius 1 is 1.62 bits per heavy atom. The molecule has 90 valence electrons. The van der Waals surface area contributed by atoms with Crippen LogP contribution in [0.2, 0.25) is 0 Å². The molecule has 8 heteroatoms. The molecule has 3 rings (SSSR count). The lowest BCUT2D eigenvalue weighted by atomic mass is 10.4. The molecule has 2 unspecified atom stereocenters. The summed E-state index contributed by atoms with van der Waals surface area (Å²) in [6, 6.07) is 0. The molecule has 0 amide bonds. The topological polar surface area (TPSA) is 33.7 Å². The van der Waals surface area contributed by atoms with Crippen molar-refractivity contribution in [2.75, 3.05) is 17.2 Å². The third-order valence-corrected chi connectivity index (χ3v) is 5.61. The summed E-state index contributed by atoms with van der Waals surface area (Å²) in [5, 5.41) is 10.8. The smallest absolute Gasteiger partial charge is 0.345 e. The van der Waals surface area contributed by atoms with Gasteiger partial charge in [0.05, 0.1) is 23.2 Å². The highest BCUT2D eigenvalue weighted by molar-refractivity contribution is 9.09. The molecule has 2 aliphatic heterocycles. The molecule has 1 N–H and O–H groups in total. The first-order chi connectivity index (χ1) is 7.28. The number of anilines is 1. The summed E-state index contributed by atoms with van der Waals surface area (Å²) in [4.78, 5) is 0.489. The fourth-order valence-corrected chi connectivity index (χ4v) is 3.98. The van der Waals surface area contributed by atoms with Crippen LogP contribution in [0.1, 0.15) is 0 Å². The summed E-state index contributed by atoms with van der Waals surface area (Å²) in [5.41, 5.74) is 0. The molecule has 0 spiro atoms. The Labute approximate surface area is 126 Å². The summed E-state index contributed by atoms with van der Waals surface area (Å²) in [6.45, 7) is 3.00. The summed E-state index contributed by atoms with van der Waals surface area (Å²) in [7, 11) is 0. The molecule has 0 aromatic carbocycles. The predicted octanol–water partition coefficient (Wildman–Crippen LogP) is -1.77. The molecular weight excluding hydrogens is 424 g/mol. The molecule has 4 nitrogen and oxygen atoms in total. The third-order valence-electron chi connectivity index (χ3n) is 2.62. The number of thioether (sulfide) groups is 1. The maximum absolute atomic E-state index is 4.61. The molecule has 0 aliphatic carbocycles. The summed E-state index contributed by atoms with van der Waals surface area (Å²) < 4.78 is 4.35. The van der Waals surface area contributed by atoms with Gasteiger partial charge in [-0.1, -0.05) is 43.6 Å². The summed E-state index contributed by atoms with van der Waals surface area (Å²) in [5.74, 6) is 1.16. The van der Waals surface area contributed by atoms with Crippen LogP contribution in [0.15, 0.2) is 5.16 Å². The van der Waals surface area contributed by atoms with Crippen LogP contribution in [-0.4, -0.2) is 31.7 Å². The normalized spacial score (nSPS) is 26.6. The van der Waals surface area contributed by atoms with Gasteiger partial charge in [0.2, 0.25) is 0 Å². The molecule has 0 bridgehead atoms. The Bertz CT molecular complexity index is 397. The Morgan fingerprint density at radius 3 is 3.19 bits per heavy atom. The SMILES string of the molecule is BrCC1C[n+]2c(nn3c2NCC(Br)C3)S1.[Br-]. The standard InChI is InChI=1S/C8H10Br2N4S.BrH/c9-1-6-4-13-7-11-2-5(10)3-14(7)12-8(13)15-6;/h5-6H,1-4H2;1H. The van der Waals surface area contributed by atoms with Crippen LogP contribution in [0.5, 0.6) is 0 Å². The molecule has 2 aliphatic rings. The molecule has 1 aromatic heterocycles. The summed E-state index contributed by atoms with van der Waals surface area (Å²) >= 11 is 9.00. The number of halogens is 3. The van der Waals surface area contributed by atoms with Gasteiger partial charge in [-0.3, -0.25) is 5.32 Å². The van der Waals surface area contributed by atoms with Gasteiger partial charge in [0.25, 0.3) is 0 Å². The fourth-order valence-electron chi connectivity index (χ4n) is 1.92. The molecule has 16 heavy (non-hydrogen) atoms. The lowest BCUT2D eigenvalue weighted by Gasteiger charge is -2.14. The second kappa shape index (κ2) is 5.16. The number of nitrogens with zero attached hydrogens (tertiary/aromatic N) is 3. The predicted molar refractivity (Wildman–Crippen MR) is 67.1 cm³/mol. The molecule has 0 saturated carbocycles. The van der Waals surface area contributed by atoms with Crippen LogP contribution >= 0.6 is 43.6 Å². The van der Waals surface area contributed by atoms with E-state index >= 15 is 0 Å². The highest BCUT2D eigenvalue weighted by Gasteiger charge is 2.37. The molecule has 0 fully saturated rings. The van der Waals surface area contributed by atoms with Crippen molar-refractivity contribution >= 4 is 49.6 Å². The molecule has 2 atom stereocenters. The Morgan fingerprint density at radius 2 is 2.44 bits per heavy atom. The van der Waals surface area contributed by atoms with Crippen molar-refractivity contribution in [3.8, 4) is 0 Å². The Kier molecular flexibility index (Phi) is 4.24. The summed E-state index contributed by atoms with van der Waals surface area (Å²) in [6.07, 6.45) is 0. The Balaban J connectivity index is 0.000000963. The number of rotatable bonds is 1. The molecule has 1 aromatic rings. The minimum Gasteiger partial charge on any atom is -1.00 e. The number of fused-ring (bicyclic) bond motifs is 3. The van der Waals surface area contributed by atoms with Gasteiger partial charge in [-0.15, -0.1) is 4.68 Å². The first kappa shape index (κ1) is 13.2. The molecule has 0 radical (unpaired) electrons. The quantitative estimate of drug-likeness (QED) is 0.420. The van der Waals surface area contributed by atoms with Gasteiger partial charge in [-0.25, -0.2) is 4.57 Å². The van der Waals surface area contributed by atoms with Crippen LogP contribution in [0, 0.1) is 0 Å². The highest BCUT2D eigenvalue weighted by Crippen LogP contribution is 2.29. The Hall–Kier alpha value is 0.730. The number of aromatic nitrogens is 3. The van der Waals surface area contributed by atoms with E-state index in [1.165, 1.54) is 0 Å². The van der Waals surface area contributed by atoms with Gasteiger partial charge >= 0.3 is 11.1 Å². The van der Waals surface area contributed by atoms with Crippen LogP contribution in [0.25, 0.3) is 0 Å². The second-order valence-electron chi connectivity index (χ2n) is 3.77. The number of hydrogen-bond acceptors (Lipinski definition) is 3. The van der Waals surface area contributed by atoms with Gasteiger partial charge < -0.3 is 17.0 Å². The van der Waals surface area contributed by atoms with Crippen LogP contribution in [0.4, 0.5) is 5.95 Å². The van der Waals surface area contributed by atoms with Crippen LogP contribution < -0.4 is 26.9 Å². The lowest BCUT2D eigenvalue weighted by Crippen LogP contribution is -3.00. The minimum absolute atomic E-state index is 0. The zero-order chi connectivity index (χ0) is 10.4. The van der Waals surface area contributed by atoms with Crippen molar-refractivity contribution in [1.82, 2.24) is 9.78 Å². The van der Waals surface area contributed by atoms with Crippen molar-refractivity contribution in [3.63, 3.8) is 0 Å². The van der Waals surface area contributed by atoms with Crippen molar-refractivity contribution in [2.24, 2.45) is 0 Å². The molecule has 0 saturated heterocycles. The van der Waals surface area contributed by atoms with E-state index in [4.69, 9.17) is 0 Å². The largest absolute Gasteiger partial charge is 1.00 e. The van der Waals surface area contributed by atoms with E-state index in [9.17, 15) is 0 Å². The first-order valence-electron chi connectivity index (χ1n) is 4.89. The minimum atomic E-state index is 0. The lowest BCUT2D eigenvalue weighted by molar-refractivity contribution is -0.713. The van der Waals surface area contributed by atoms with Crippen molar-refractivity contribution in [2.45, 2.75) is 28.3 Å². The van der Waals surface area contributed by atoms with E-state index in [1.807, 2.05) is 11.8 Å². The van der Waals surface area contributed by atoms with Gasteiger partial charge in [-0.2, -0.15) is 0 Å². The van der Waals surface area contributed by atoms with Crippen LogP contribution in [0.3, 0.4) is 0 Å². The van der Waals surface area contributed by atoms with E-state index in [2.05, 4.69) is 51.5 Å². The van der Waals surface area contributed by atoms with E-state index in [0.29, 0.717) is 10.1 Å². The maximum atomic E-state index is 4.61. The third kappa shape index (κ3) is 2.18. The van der Waals surface area contributed by atoms with Crippen molar-refractivity contribution in [3.05, 3.63) is 0 Å². The number of nitrogens with one attached hydrogen (secondary N) is 1. The first-order valence-corrected chi connectivity index (χ1v) is 7.81. The highest BCUT2D eigenvalue weighted by atomic mass is 79.9. The van der Waals surface area contributed by atoms with Crippen molar-refractivity contribution < 1.29 is 21.5 Å². The number of alkyl halides is 2. The second-order valence-corrected chi connectivity index (χ2v) is 6.98. The monoisotopic (exact) mass is 432 g/mol. The van der Waals surface area contributed by atoms with Gasteiger partial charge in [0.1, 0.15) is 6.54 Å².